The molecule has 1 aliphatic heterocycles. The monoisotopic (exact) mass is 433 g/mol. The Hall–Kier alpha value is -1.93. The molecule has 1 aromatic carbocycles. The van der Waals surface area contributed by atoms with Crippen molar-refractivity contribution < 1.29 is 14.3 Å². The average Bonchev–Trinajstić information content (AvgIpc) is 3.44. The molecular weight excluding hydrogens is 410 g/mol. The first-order valence-electron chi connectivity index (χ1n) is 9.74. The number of carbonyl (C=O) groups excluding carboxylic acids is 1. The van der Waals surface area contributed by atoms with E-state index in [-0.39, 0.29) is 18.6 Å². The standard InChI is InChI=1S/C21H24ClN3O3S/c1-27-13-20(26)24(11-18-3-2-10-28-18)9-8-17-14-29-21-23-19(12-25(17)21)15-4-6-16(22)7-5-15/h4-7,12,14,18H,2-3,8-11,13H2,1H3. The maximum Gasteiger partial charge on any atom is 0.248 e. The number of hydrogen-bond donors (Lipinski definition) is 0. The van der Waals surface area contributed by atoms with E-state index < -0.39 is 0 Å². The van der Waals surface area contributed by atoms with Crippen LogP contribution >= 0.6 is 22.9 Å². The third-order valence-electron chi connectivity index (χ3n) is 5.13. The number of ether oxygens (including phenoxy) is 2. The summed E-state index contributed by atoms with van der Waals surface area (Å²) in [5.41, 5.74) is 3.09. The molecule has 1 atom stereocenters. The molecule has 3 aromatic rings. The Balaban J connectivity index is 1.48. The summed E-state index contributed by atoms with van der Waals surface area (Å²) < 4.78 is 12.9. The van der Waals surface area contributed by atoms with Crippen molar-refractivity contribution in [2.45, 2.75) is 25.4 Å². The van der Waals surface area contributed by atoms with Gasteiger partial charge in [0.1, 0.15) is 6.61 Å². The number of fused-ring (bicyclic) bond motifs is 1. The molecule has 1 saturated heterocycles. The Labute approximate surface area is 179 Å². The number of methoxy groups -OCH3 is 1. The topological polar surface area (TPSA) is 56.1 Å². The SMILES string of the molecule is COCC(=O)N(CCc1csc2nc(-c3ccc(Cl)cc3)cn12)CC1CCCO1. The quantitative estimate of drug-likeness (QED) is 0.540. The van der Waals surface area contributed by atoms with Crippen LogP contribution in [-0.2, 0) is 20.7 Å². The number of thiazole rings is 1. The predicted molar refractivity (Wildman–Crippen MR) is 115 cm³/mol. The first kappa shape index (κ1) is 20.3. The van der Waals surface area contributed by atoms with E-state index in [1.165, 1.54) is 0 Å². The minimum absolute atomic E-state index is 0.00181. The van der Waals surface area contributed by atoms with E-state index >= 15 is 0 Å². The summed E-state index contributed by atoms with van der Waals surface area (Å²) in [6.45, 7) is 2.12. The number of aromatic nitrogens is 2. The van der Waals surface area contributed by atoms with Gasteiger partial charge in [-0.15, -0.1) is 11.3 Å². The van der Waals surface area contributed by atoms with E-state index in [0.717, 1.165) is 47.8 Å². The number of amides is 1. The largest absolute Gasteiger partial charge is 0.376 e. The van der Waals surface area contributed by atoms with Gasteiger partial charge in [0.05, 0.1) is 11.8 Å². The Morgan fingerprint density at radius 1 is 1.41 bits per heavy atom. The van der Waals surface area contributed by atoms with Gasteiger partial charge in [0.2, 0.25) is 5.91 Å². The van der Waals surface area contributed by atoms with Gasteiger partial charge in [-0.2, -0.15) is 0 Å². The lowest BCUT2D eigenvalue weighted by molar-refractivity contribution is -0.136. The predicted octanol–water partition coefficient (Wildman–Crippen LogP) is 3.91. The molecule has 0 aliphatic carbocycles. The molecule has 1 fully saturated rings. The van der Waals surface area contributed by atoms with Crippen LogP contribution in [0, 0.1) is 0 Å². The van der Waals surface area contributed by atoms with Crippen molar-refractivity contribution in [3.63, 3.8) is 0 Å². The second-order valence-electron chi connectivity index (χ2n) is 7.17. The lowest BCUT2D eigenvalue weighted by atomic mass is 10.2. The molecule has 1 unspecified atom stereocenters. The van der Waals surface area contributed by atoms with Gasteiger partial charge in [0, 0.05) is 61.1 Å². The molecule has 29 heavy (non-hydrogen) atoms. The number of carbonyl (C=O) groups is 1. The Morgan fingerprint density at radius 2 is 2.24 bits per heavy atom. The fourth-order valence-electron chi connectivity index (χ4n) is 3.59. The summed E-state index contributed by atoms with van der Waals surface area (Å²) in [7, 11) is 1.55. The molecule has 2 aromatic heterocycles. The summed E-state index contributed by atoms with van der Waals surface area (Å²) >= 11 is 7.60. The van der Waals surface area contributed by atoms with Crippen LogP contribution in [0.15, 0.2) is 35.8 Å². The second kappa shape index (κ2) is 9.26. The van der Waals surface area contributed by atoms with E-state index in [4.69, 9.17) is 26.1 Å². The zero-order chi connectivity index (χ0) is 20.2. The zero-order valence-electron chi connectivity index (χ0n) is 16.3. The summed E-state index contributed by atoms with van der Waals surface area (Å²) in [6, 6.07) is 7.69. The first-order chi connectivity index (χ1) is 14.1. The van der Waals surface area contributed by atoms with Crippen LogP contribution in [0.3, 0.4) is 0 Å². The lowest BCUT2D eigenvalue weighted by Gasteiger charge is -2.25. The second-order valence-corrected chi connectivity index (χ2v) is 8.44. The van der Waals surface area contributed by atoms with Gasteiger partial charge in [-0.1, -0.05) is 23.7 Å². The molecule has 0 saturated carbocycles. The Kier molecular flexibility index (Phi) is 6.50. The van der Waals surface area contributed by atoms with Crippen molar-refractivity contribution in [2.75, 3.05) is 33.4 Å². The van der Waals surface area contributed by atoms with Gasteiger partial charge in [0.15, 0.2) is 4.96 Å². The van der Waals surface area contributed by atoms with Crippen molar-refractivity contribution >= 4 is 33.8 Å². The van der Waals surface area contributed by atoms with Crippen LogP contribution in [0.25, 0.3) is 16.2 Å². The third kappa shape index (κ3) is 4.80. The molecule has 1 aliphatic rings. The van der Waals surface area contributed by atoms with E-state index in [0.29, 0.717) is 18.1 Å². The van der Waals surface area contributed by atoms with E-state index in [9.17, 15) is 4.79 Å². The smallest absolute Gasteiger partial charge is 0.248 e. The van der Waals surface area contributed by atoms with E-state index in [1.54, 1.807) is 18.4 Å². The van der Waals surface area contributed by atoms with Gasteiger partial charge in [-0.05, 0) is 25.0 Å². The third-order valence-corrected chi connectivity index (χ3v) is 6.27. The van der Waals surface area contributed by atoms with Crippen molar-refractivity contribution in [3.05, 3.63) is 46.6 Å². The van der Waals surface area contributed by atoms with E-state index in [2.05, 4.69) is 9.78 Å². The van der Waals surface area contributed by atoms with Crippen LogP contribution in [0.1, 0.15) is 18.5 Å². The lowest BCUT2D eigenvalue weighted by Crippen LogP contribution is -2.40. The molecule has 1 amide bonds. The molecule has 3 heterocycles. The summed E-state index contributed by atoms with van der Waals surface area (Å²) in [5.74, 6) is 0.00181. The Bertz CT molecular complexity index is 963. The van der Waals surface area contributed by atoms with Crippen molar-refractivity contribution in [3.8, 4) is 11.3 Å². The number of rotatable bonds is 8. The molecular formula is C21H24ClN3O3S. The van der Waals surface area contributed by atoms with Crippen LogP contribution in [0.4, 0.5) is 0 Å². The van der Waals surface area contributed by atoms with Gasteiger partial charge in [-0.25, -0.2) is 4.98 Å². The van der Waals surface area contributed by atoms with Crippen molar-refractivity contribution in [1.82, 2.24) is 14.3 Å². The summed E-state index contributed by atoms with van der Waals surface area (Å²) in [6.07, 6.45) is 4.99. The number of halogens is 1. The molecule has 0 N–H and O–H groups in total. The van der Waals surface area contributed by atoms with Crippen LogP contribution in [-0.4, -0.2) is 59.7 Å². The summed E-state index contributed by atoms with van der Waals surface area (Å²) in [5, 5.41) is 2.82. The molecule has 0 spiro atoms. The number of imidazole rings is 1. The van der Waals surface area contributed by atoms with Crippen LogP contribution in [0.5, 0.6) is 0 Å². The van der Waals surface area contributed by atoms with Gasteiger partial charge in [-0.3, -0.25) is 9.20 Å². The fourth-order valence-corrected chi connectivity index (χ4v) is 4.62. The minimum atomic E-state index is 0.00181. The minimum Gasteiger partial charge on any atom is -0.376 e. The van der Waals surface area contributed by atoms with Crippen molar-refractivity contribution in [1.29, 1.82) is 0 Å². The van der Waals surface area contributed by atoms with Gasteiger partial charge >= 0.3 is 0 Å². The highest BCUT2D eigenvalue weighted by Crippen LogP contribution is 2.25. The zero-order valence-corrected chi connectivity index (χ0v) is 17.9. The average molecular weight is 434 g/mol. The van der Waals surface area contributed by atoms with Crippen LogP contribution < -0.4 is 0 Å². The number of hydrogen-bond acceptors (Lipinski definition) is 5. The fraction of sp³-hybridized carbons (Fsp3) is 0.429. The highest BCUT2D eigenvalue weighted by Gasteiger charge is 2.23. The highest BCUT2D eigenvalue weighted by atomic mass is 35.5. The maximum absolute atomic E-state index is 12.5. The summed E-state index contributed by atoms with van der Waals surface area (Å²) in [4.78, 5) is 20.0. The molecule has 154 valence electrons. The van der Waals surface area contributed by atoms with Gasteiger partial charge in [0.25, 0.3) is 0 Å². The van der Waals surface area contributed by atoms with Gasteiger partial charge < -0.3 is 14.4 Å². The first-order valence-corrected chi connectivity index (χ1v) is 11.0. The maximum atomic E-state index is 12.5. The van der Waals surface area contributed by atoms with Crippen molar-refractivity contribution in [2.24, 2.45) is 0 Å². The normalized spacial score (nSPS) is 16.6. The molecule has 0 bridgehead atoms. The van der Waals surface area contributed by atoms with E-state index in [1.807, 2.05) is 35.4 Å². The molecule has 4 rings (SSSR count). The number of nitrogens with zero attached hydrogens (tertiary/aromatic N) is 3. The molecule has 8 heteroatoms. The molecule has 0 radical (unpaired) electrons. The Morgan fingerprint density at radius 3 is 2.97 bits per heavy atom. The van der Waals surface area contributed by atoms with Crippen LogP contribution in [0.2, 0.25) is 5.02 Å². The highest BCUT2D eigenvalue weighted by molar-refractivity contribution is 7.15. The number of benzene rings is 1. The molecule has 6 nitrogen and oxygen atoms in total.